The highest BCUT2D eigenvalue weighted by atomic mass is 16.5. The van der Waals surface area contributed by atoms with Gasteiger partial charge in [0.2, 0.25) is 0 Å². The minimum Gasteiger partial charge on any atom is -0.370 e. The average molecular weight is 302 g/mol. The van der Waals surface area contributed by atoms with Crippen LogP contribution in [0.4, 0.5) is 0 Å². The first-order valence-corrected chi connectivity index (χ1v) is 8.26. The van der Waals surface area contributed by atoms with Gasteiger partial charge in [-0.25, -0.2) is 0 Å². The van der Waals surface area contributed by atoms with Gasteiger partial charge in [-0.15, -0.1) is 0 Å². The van der Waals surface area contributed by atoms with E-state index < -0.39 is 0 Å². The highest BCUT2D eigenvalue weighted by molar-refractivity contribution is 5.99. The lowest BCUT2D eigenvalue weighted by Crippen LogP contribution is -2.22. The first-order chi connectivity index (χ1) is 10.4. The maximum Gasteiger partial charge on any atom is 0.191 e. The number of hydrogen-bond donors (Lipinski definition) is 0. The van der Waals surface area contributed by atoms with Crippen molar-refractivity contribution in [1.82, 2.24) is 0 Å². The van der Waals surface area contributed by atoms with Gasteiger partial charge < -0.3 is 4.74 Å². The van der Waals surface area contributed by atoms with Crippen LogP contribution in [-0.2, 0) is 4.74 Å². The van der Waals surface area contributed by atoms with Crippen LogP contribution in [-0.4, -0.2) is 18.5 Å². The summed E-state index contributed by atoms with van der Waals surface area (Å²) >= 11 is 0. The average Bonchev–Trinajstić information content (AvgIpc) is 2.46. The molecule has 0 heterocycles. The molecule has 0 aliphatic carbocycles. The number of allylic oxidation sites excluding steroid dienone is 2. The van der Waals surface area contributed by atoms with Crippen molar-refractivity contribution >= 4 is 5.78 Å². The van der Waals surface area contributed by atoms with Crippen molar-refractivity contribution in [2.45, 2.75) is 60.0 Å². The van der Waals surface area contributed by atoms with Gasteiger partial charge in [0.1, 0.15) is 6.10 Å². The van der Waals surface area contributed by atoms with E-state index in [0.29, 0.717) is 12.5 Å². The third-order valence-corrected chi connectivity index (χ3v) is 3.90. The maximum atomic E-state index is 12.2. The van der Waals surface area contributed by atoms with E-state index >= 15 is 0 Å². The van der Waals surface area contributed by atoms with Gasteiger partial charge in [0.15, 0.2) is 5.78 Å². The van der Waals surface area contributed by atoms with Crippen molar-refractivity contribution in [3.8, 4) is 0 Å². The molecule has 2 unspecified atom stereocenters. The zero-order valence-corrected chi connectivity index (χ0v) is 14.7. The predicted octanol–water partition coefficient (Wildman–Crippen LogP) is 5.36. The summed E-state index contributed by atoms with van der Waals surface area (Å²) < 4.78 is 5.72. The van der Waals surface area contributed by atoms with Gasteiger partial charge >= 0.3 is 0 Å². The van der Waals surface area contributed by atoms with Crippen molar-refractivity contribution in [3.05, 3.63) is 47.0 Å². The highest BCUT2D eigenvalue weighted by Gasteiger charge is 2.15. The molecule has 22 heavy (non-hydrogen) atoms. The number of carbonyl (C=O) groups is 1. The third kappa shape index (κ3) is 7.04. The lowest BCUT2D eigenvalue weighted by atomic mass is 10.0. The van der Waals surface area contributed by atoms with E-state index in [0.717, 1.165) is 24.0 Å². The molecule has 1 rings (SSSR count). The lowest BCUT2D eigenvalue weighted by Gasteiger charge is -2.15. The number of hydrogen-bond acceptors (Lipinski definition) is 2. The zero-order chi connectivity index (χ0) is 16.5. The van der Waals surface area contributed by atoms with Crippen molar-refractivity contribution in [2.24, 2.45) is 5.92 Å². The molecule has 122 valence electrons. The minimum absolute atomic E-state index is 0.0668. The molecular weight excluding hydrogens is 272 g/mol. The van der Waals surface area contributed by atoms with Gasteiger partial charge in [-0.3, -0.25) is 4.79 Å². The standard InChI is InChI=1S/C20H30O2/c1-15(2)7-6-8-16(3)13-14-22-18(5)20(21)19-11-9-17(4)10-12-19/h7,9-12,16,18H,6,8,13-14H2,1-5H3. The normalized spacial score (nSPS) is 13.5. The summed E-state index contributed by atoms with van der Waals surface area (Å²) in [7, 11) is 0. The SMILES string of the molecule is CC(C)=CCCC(C)CCOC(C)C(=O)c1ccc(C)cc1. The van der Waals surface area contributed by atoms with Gasteiger partial charge in [-0.1, -0.05) is 48.4 Å². The molecule has 0 fully saturated rings. The zero-order valence-electron chi connectivity index (χ0n) is 14.7. The molecule has 0 saturated heterocycles. The van der Waals surface area contributed by atoms with Crippen LogP contribution in [0.2, 0.25) is 0 Å². The van der Waals surface area contributed by atoms with Gasteiger partial charge in [0.05, 0.1) is 0 Å². The molecule has 2 nitrogen and oxygen atoms in total. The Morgan fingerprint density at radius 3 is 2.36 bits per heavy atom. The maximum absolute atomic E-state index is 12.2. The Hall–Kier alpha value is -1.41. The van der Waals surface area contributed by atoms with Crippen LogP contribution in [0.5, 0.6) is 0 Å². The fourth-order valence-electron chi connectivity index (χ4n) is 2.28. The highest BCUT2D eigenvalue weighted by Crippen LogP contribution is 2.13. The first kappa shape index (κ1) is 18.6. The van der Waals surface area contributed by atoms with E-state index in [1.54, 1.807) is 0 Å². The van der Waals surface area contributed by atoms with E-state index in [-0.39, 0.29) is 11.9 Å². The Labute approximate surface area is 135 Å². The van der Waals surface area contributed by atoms with Crippen molar-refractivity contribution in [2.75, 3.05) is 6.61 Å². The topological polar surface area (TPSA) is 26.3 Å². The van der Waals surface area contributed by atoms with E-state index in [1.165, 1.54) is 12.0 Å². The van der Waals surface area contributed by atoms with Gasteiger partial charge in [-0.2, -0.15) is 0 Å². The predicted molar refractivity (Wildman–Crippen MR) is 93.4 cm³/mol. The molecule has 0 aliphatic heterocycles. The third-order valence-electron chi connectivity index (χ3n) is 3.90. The summed E-state index contributed by atoms with van der Waals surface area (Å²) in [5.74, 6) is 0.689. The summed E-state index contributed by atoms with van der Waals surface area (Å²) in [5, 5.41) is 0. The number of ether oxygens (including phenoxy) is 1. The molecular formula is C20H30O2. The van der Waals surface area contributed by atoms with Gasteiger partial charge in [-0.05, 0) is 52.9 Å². The molecule has 0 amide bonds. The van der Waals surface area contributed by atoms with E-state index in [9.17, 15) is 4.79 Å². The molecule has 0 bridgehead atoms. The second-order valence-corrected chi connectivity index (χ2v) is 6.50. The van der Waals surface area contributed by atoms with Crippen LogP contribution < -0.4 is 0 Å². The van der Waals surface area contributed by atoms with Crippen LogP contribution in [0.25, 0.3) is 0 Å². The van der Waals surface area contributed by atoms with Crippen LogP contribution in [0.3, 0.4) is 0 Å². The number of aryl methyl sites for hydroxylation is 1. The van der Waals surface area contributed by atoms with Gasteiger partial charge in [0.25, 0.3) is 0 Å². The Morgan fingerprint density at radius 1 is 1.14 bits per heavy atom. The molecule has 0 spiro atoms. The van der Waals surface area contributed by atoms with Gasteiger partial charge in [0, 0.05) is 12.2 Å². The second-order valence-electron chi connectivity index (χ2n) is 6.50. The van der Waals surface area contributed by atoms with Crippen LogP contribution in [0.1, 0.15) is 62.9 Å². The Bertz CT molecular complexity index is 481. The quantitative estimate of drug-likeness (QED) is 0.453. The molecule has 1 aromatic carbocycles. The Kier molecular flexibility index (Phi) is 8.11. The molecule has 0 saturated carbocycles. The first-order valence-electron chi connectivity index (χ1n) is 8.26. The minimum atomic E-state index is -0.368. The molecule has 2 atom stereocenters. The fourth-order valence-corrected chi connectivity index (χ4v) is 2.28. The molecule has 1 aromatic rings. The number of benzene rings is 1. The molecule has 2 heteroatoms. The van der Waals surface area contributed by atoms with E-state index in [4.69, 9.17) is 4.74 Å². The lowest BCUT2D eigenvalue weighted by molar-refractivity contribution is 0.0435. The van der Waals surface area contributed by atoms with Crippen LogP contribution in [0, 0.1) is 12.8 Å². The molecule has 0 aromatic heterocycles. The molecule has 0 radical (unpaired) electrons. The van der Waals surface area contributed by atoms with Crippen molar-refractivity contribution in [1.29, 1.82) is 0 Å². The van der Waals surface area contributed by atoms with E-state index in [1.807, 2.05) is 38.1 Å². The largest absolute Gasteiger partial charge is 0.370 e. The number of ketones is 1. The molecule has 0 aliphatic rings. The summed E-state index contributed by atoms with van der Waals surface area (Å²) in [6.07, 6.45) is 5.21. The number of rotatable bonds is 9. The Balaban J connectivity index is 2.30. The number of Topliss-reactive ketones (excluding diaryl/α,β-unsaturated/α-hetero) is 1. The fraction of sp³-hybridized carbons (Fsp3) is 0.550. The van der Waals surface area contributed by atoms with Crippen molar-refractivity contribution < 1.29 is 9.53 Å². The summed E-state index contributed by atoms with van der Waals surface area (Å²) in [4.78, 5) is 12.2. The van der Waals surface area contributed by atoms with Crippen LogP contribution in [0.15, 0.2) is 35.9 Å². The number of carbonyl (C=O) groups excluding carboxylic acids is 1. The summed E-state index contributed by atoms with van der Waals surface area (Å²) in [6.45, 7) is 11.0. The smallest absolute Gasteiger partial charge is 0.191 e. The summed E-state index contributed by atoms with van der Waals surface area (Å²) in [6, 6.07) is 7.68. The molecule has 0 N–H and O–H groups in total. The summed E-state index contributed by atoms with van der Waals surface area (Å²) in [5.41, 5.74) is 3.27. The van der Waals surface area contributed by atoms with Crippen LogP contribution >= 0.6 is 0 Å². The monoisotopic (exact) mass is 302 g/mol. The van der Waals surface area contributed by atoms with Crippen molar-refractivity contribution in [3.63, 3.8) is 0 Å². The Morgan fingerprint density at radius 2 is 1.77 bits per heavy atom. The second kappa shape index (κ2) is 9.58. The van der Waals surface area contributed by atoms with E-state index in [2.05, 4.69) is 26.8 Å².